The van der Waals surface area contributed by atoms with Crippen LogP contribution in [-0.2, 0) is 6.54 Å². The van der Waals surface area contributed by atoms with Crippen molar-refractivity contribution in [3.63, 3.8) is 0 Å². The second kappa shape index (κ2) is 8.92. The molecule has 4 rings (SSSR count). The van der Waals surface area contributed by atoms with Gasteiger partial charge in [0.15, 0.2) is 0 Å². The van der Waals surface area contributed by atoms with Gasteiger partial charge in [0.2, 0.25) is 0 Å². The van der Waals surface area contributed by atoms with Crippen molar-refractivity contribution in [1.29, 1.82) is 0 Å². The van der Waals surface area contributed by atoms with Crippen LogP contribution in [0.25, 0.3) is 11.3 Å². The van der Waals surface area contributed by atoms with E-state index in [-0.39, 0.29) is 5.56 Å². The highest BCUT2D eigenvalue weighted by molar-refractivity contribution is 5.94. The Labute approximate surface area is 175 Å². The van der Waals surface area contributed by atoms with Crippen molar-refractivity contribution in [3.05, 3.63) is 82.3 Å². The lowest BCUT2D eigenvalue weighted by molar-refractivity contribution is 0.0949. The zero-order valence-corrected chi connectivity index (χ0v) is 17.0. The first-order valence-corrected chi connectivity index (χ1v) is 10.1. The molecule has 0 aliphatic carbocycles. The highest BCUT2D eigenvalue weighted by atomic mass is 16.2. The Morgan fingerprint density at radius 2 is 1.83 bits per heavy atom. The third kappa shape index (κ3) is 4.58. The molecule has 0 radical (unpaired) electrons. The average Bonchev–Trinajstić information content (AvgIpc) is 2.79. The number of aromatic nitrogens is 2. The molecule has 7 heteroatoms. The second-order valence-electron chi connectivity index (χ2n) is 7.48. The minimum absolute atomic E-state index is 0.100. The van der Waals surface area contributed by atoms with E-state index in [1.54, 1.807) is 18.3 Å². The summed E-state index contributed by atoms with van der Waals surface area (Å²) in [6.07, 6.45) is 1.76. The van der Waals surface area contributed by atoms with Crippen molar-refractivity contribution in [3.8, 4) is 11.3 Å². The number of anilines is 1. The van der Waals surface area contributed by atoms with Crippen LogP contribution in [-0.4, -0.2) is 54.0 Å². The van der Waals surface area contributed by atoms with Gasteiger partial charge in [0.05, 0.1) is 0 Å². The van der Waals surface area contributed by atoms with Crippen LogP contribution in [0.3, 0.4) is 0 Å². The number of pyridine rings is 2. The van der Waals surface area contributed by atoms with Gasteiger partial charge in [0.25, 0.3) is 11.5 Å². The number of carbonyl (C=O) groups excluding carboxylic acids is 1. The smallest absolute Gasteiger partial charge is 0.261 e. The van der Waals surface area contributed by atoms with Crippen LogP contribution in [0.4, 0.5) is 5.82 Å². The SMILES string of the molecule is CN1CCN(c2cc(CNC(=O)c3ccc(-c4ccccc4)[nH]c3=O)ccn2)CC1. The van der Waals surface area contributed by atoms with Crippen LogP contribution in [0.15, 0.2) is 65.6 Å². The lowest BCUT2D eigenvalue weighted by Gasteiger charge is -2.33. The van der Waals surface area contributed by atoms with E-state index in [9.17, 15) is 9.59 Å². The summed E-state index contributed by atoms with van der Waals surface area (Å²) in [6.45, 7) is 4.21. The zero-order valence-electron chi connectivity index (χ0n) is 17.0. The van der Waals surface area contributed by atoms with Crippen molar-refractivity contribution in [2.45, 2.75) is 6.54 Å². The molecule has 0 atom stereocenters. The van der Waals surface area contributed by atoms with E-state index in [2.05, 4.69) is 32.1 Å². The van der Waals surface area contributed by atoms with Crippen LogP contribution in [0.1, 0.15) is 15.9 Å². The van der Waals surface area contributed by atoms with Gasteiger partial charge in [-0.2, -0.15) is 0 Å². The maximum absolute atomic E-state index is 12.5. The number of benzene rings is 1. The van der Waals surface area contributed by atoms with E-state index < -0.39 is 11.5 Å². The minimum atomic E-state index is -0.401. The molecule has 0 bridgehead atoms. The topological polar surface area (TPSA) is 81.3 Å². The van der Waals surface area contributed by atoms with Crippen LogP contribution in [0.2, 0.25) is 0 Å². The van der Waals surface area contributed by atoms with Crippen molar-refractivity contribution in [2.24, 2.45) is 0 Å². The quantitative estimate of drug-likeness (QED) is 0.682. The van der Waals surface area contributed by atoms with Crippen LogP contribution in [0, 0.1) is 0 Å². The maximum Gasteiger partial charge on any atom is 0.261 e. The van der Waals surface area contributed by atoms with E-state index in [1.807, 2.05) is 42.5 Å². The number of hydrogen-bond acceptors (Lipinski definition) is 5. The molecule has 30 heavy (non-hydrogen) atoms. The third-order valence-electron chi connectivity index (χ3n) is 5.33. The van der Waals surface area contributed by atoms with Gasteiger partial charge >= 0.3 is 0 Å². The molecule has 3 aromatic rings. The maximum atomic E-state index is 12.5. The first-order valence-electron chi connectivity index (χ1n) is 10.1. The summed E-state index contributed by atoms with van der Waals surface area (Å²) >= 11 is 0. The average molecular weight is 403 g/mol. The number of aromatic amines is 1. The Hall–Kier alpha value is -3.45. The molecule has 0 spiro atoms. The molecule has 1 saturated heterocycles. The standard InChI is InChI=1S/C23H25N5O2/c1-27-11-13-28(14-12-27)21-15-17(9-10-24-21)16-25-22(29)19-7-8-20(26-23(19)30)18-5-3-2-4-6-18/h2-10,15H,11-14,16H2,1H3,(H,25,29)(H,26,30). The molecule has 1 aromatic carbocycles. The molecule has 0 unspecified atom stereocenters. The summed E-state index contributed by atoms with van der Waals surface area (Å²) < 4.78 is 0. The van der Waals surface area contributed by atoms with Crippen molar-refractivity contribution < 1.29 is 4.79 Å². The van der Waals surface area contributed by atoms with Crippen molar-refractivity contribution >= 4 is 11.7 Å². The van der Waals surface area contributed by atoms with Crippen molar-refractivity contribution in [2.75, 3.05) is 38.1 Å². The lowest BCUT2D eigenvalue weighted by Crippen LogP contribution is -2.44. The van der Waals surface area contributed by atoms with Crippen LogP contribution >= 0.6 is 0 Å². The van der Waals surface area contributed by atoms with Gasteiger partial charge in [-0.25, -0.2) is 4.98 Å². The molecule has 3 heterocycles. The Kier molecular flexibility index (Phi) is 5.90. The van der Waals surface area contributed by atoms with Gasteiger partial charge in [-0.15, -0.1) is 0 Å². The molecule has 0 saturated carbocycles. The van der Waals surface area contributed by atoms with Gasteiger partial charge in [-0.05, 0) is 42.4 Å². The Balaban J connectivity index is 1.41. The van der Waals surface area contributed by atoms with E-state index >= 15 is 0 Å². The summed E-state index contributed by atoms with van der Waals surface area (Å²) in [7, 11) is 2.12. The molecule has 1 amide bonds. The molecular formula is C23H25N5O2. The van der Waals surface area contributed by atoms with E-state index in [0.29, 0.717) is 12.2 Å². The molecule has 1 fully saturated rings. The number of likely N-dealkylation sites (N-methyl/N-ethyl adjacent to an activating group) is 1. The highest BCUT2D eigenvalue weighted by Crippen LogP contribution is 2.16. The molecule has 1 aliphatic rings. The fraction of sp³-hybridized carbons (Fsp3) is 0.261. The monoisotopic (exact) mass is 403 g/mol. The minimum Gasteiger partial charge on any atom is -0.354 e. The van der Waals surface area contributed by atoms with Crippen molar-refractivity contribution in [1.82, 2.24) is 20.2 Å². The summed E-state index contributed by atoms with van der Waals surface area (Å²) in [5, 5.41) is 2.84. The number of carbonyl (C=O) groups is 1. The van der Waals surface area contributed by atoms with E-state index in [0.717, 1.165) is 43.1 Å². The fourth-order valence-electron chi connectivity index (χ4n) is 3.50. The number of hydrogen-bond donors (Lipinski definition) is 2. The zero-order chi connectivity index (χ0) is 20.9. The summed E-state index contributed by atoms with van der Waals surface area (Å²) in [5.74, 6) is 0.522. The predicted octanol–water partition coefficient (Wildman–Crippen LogP) is 2.12. The highest BCUT2D eigenvalue weighted by Gasteiger charge is 2.16. The molecule has 7 nitrogen and oxygen atoms in total. The molecule has 1 aliphatic heterocycles. The lowest BCUT2D eigenvalue weighted by atomic mass is 10.1. The van der Waals surface area contributed by atoms with Crippen LogP contribution in [0.5, 0.6) is 0 Å². The number of nitrogens with one attached hydrogen (secondary N) is 2. The third-order valence-corrected chi connectivity index (χ3v) is 5.33. The molecule has 154 valence electrons. The van der Waals surface area contributed by atoms with Gasteiger partial charge < -0.3 is 20.1 Å². The Morgan fingerprint density at radius 3 is 2.57 bits per heavy atom. The van der Waals surface area contributed by atoms with Gasteiger partial charge in [0.1, 0.15) is 11.4 Å². The summed E-state index contributed by atoms with van der Waals surface area (Å²) in [4.78, 5) is 36.8. The second-order valence-corrected chi connectivity index (χ2v) is 7.48. The first kappa shape index (κ1) is 19.8. The normalized spacial score (nSPS) is 14.5. The first-order chi connectivity index (χ1) is 14.6. The number of H-pyrrole nitrogens is 1. The number of nitrogens with zero attached hydrogens (tertiary/aromatic N) is 3. The molecule has 2 aromatic heterocycles. The Morgan fingerprint density at radius 1 is 1.07 bits per heavy atom. The van der Waals surface area contributed by atoms with Gasteiger partial charge in [0, 0.05) is 44.6 Å². The number of amides is 1. The molecular weight excluding hydrogens is 378 g/mol. The van der Waals surface area contributed by atoms with Gasteiger partial charge in [-0.1, -0.05) is 30.3 Å². The predicted molar refractivity (Wildman–Crippen MR) is 118 cm³/mol. The molecule has 2 N–H and O–H groups in total. The van der Waals surface area contributed by atoms with E-state index in [1.165, 1.54) is 0 Å². The summed E-state index contributed by atoms with van der Waals surface area (Å²) in [5.41, 5.74) is 2.23. The fourth-order valence-corrected chi connectivity index (χ4v) is 3.50. The number of piperazine rings is 1. The van der Waals surface area contributed by atoms with Crippen LogP contribution < -0.4 is 15.8 Å². The van der Waals surface area contributed by atoms with Gasteiger partial charge in [-0.3, -0.25) is 9.59 Å². The largest absolute Gasteiger partial charge is 0.354 e. The Bertz CT molecular complexity index is 1070. The summed E-state index contributed by atoms with van der Waals surface area (Å²) in [6, 6.07) is 16.7. The number of rotatable bonds is 5. The van der Waals surface area contributed by atoms with E-state index in [4.69, 9.17) is 0 Å².